The van der Waals surface area contributed by atoms with E-state index in [1.807, 2.05) is 0 Å². The van der Waals surface area contributed by atoms with Gasteiger partial charge < -0.3 is 9.84 Å². The van der Waals surface area contributed by atoms with Gasteiger partial charge in [0.1, 0.15) is 6.10 Å². The van der Waals surface area contributed by atoms with Gasteiger partial charge in [0.25, 0.3) is 0 Å². The van der Waals surface area contributed by atoms with Crippen LogP contribution in [0.5, 0.6) is 0 Å². The molecule has 4 nitrogen and oxygen atoms in total. The van der Waals surface area contributed by atoms with Crippen LogP contribution < -0.4 is 0 Å². The van der Waals surface area contributed by atoms with Crippen molar-refractivity contribution in [1.29, 1.82) is 0 Å². The zero-order chi connectivity index (χ0) is 11.3. The third-order valence-corrected chi connectivity index (χ3v) is 2.61. The molecule has 1 N–H and O–H groups in total. The Morgan fingerprint density at radius 3 is 2.33 bits per heavy atom. The number of rotatable bonds is 3. The van der Waals surface area contributed by atoms with Gasteiger partial charge in [-0.1, -0.05) is 6.92 Å². The van der Waals surface area contributed by atoms with Gasteiger partial charge in [-0.05, 0) is 31.6 Å². The Kier molecular flexibility index (Phi) is 4.34. The Balaban J connectivity index is 2.29. The summed E-state index contributed by atoms with van der Waals surface area (Å²) in [6, 6.07) is 0. The van der Waals surface area contributed by atoms with Gasteiger partial charge in [0.15, 0.2) is 0 Å². The van der Waals surface area contributed by atoms with Gasteiger partial charge in [-0.15, -0.1) is 0 Å². The number of aliphatic carboxylic acids is 1. The van der Waals surface area contributed by atoms with Gasteiger partial charge in [-0.2, -0.15) is 0 Å². The van der Waals surface area contributed by atoms with Crippen molar-refractivity contribution in [2.45, 2.75) is 38.7 Å². The molecule has 0 heterocycles. The molecule has 0 saturated heterocycles. The molecule has 4 heteroatoms. The molecule has 1 rings (SSSR count). The van der Waals surface area contributed by atoms with Crippen LogP contribution in [0.1, 0.15) is 32.6 Å². The molecule has 0 spiro atoms. The highest BCUT2D eigenvalue weighted by molar-refractivity contribution is 5.90. The van der Waals surface area contributed by atoms with Gasteiger partial charge in [0, 0.05) is 12.2 Å². The highest BCUT2D eigenvalue weighted by atomic mass is 16.5. The minimum absolute atomic E-state index is 0.0351. The maximum absolute atomic E-state index is 11.1. The zero-order valence-corrected chi connectivity index (χ0v) is 8.81. The Labute approximate surface area is 88.9 Å². The average Bonchev–Trinajstić information content (AvgIpc) is 2.19. The summed E-state index contributed by atoms with van der Waals surface area (Å²) in [5.74, 6) is -0.990. The first kappa shape index (κ1) is 11.8. The minimum Gasteiger partial charge on any atom is -0.478 e. The summed E-state index contributed by atoms with van der Waals surface area (Å²) in [7, 11) is 0. The molecule has 0 amide bonds. The molecule has 0 atom stereocenters. The number of carbonyl (C=O) groups is 2. The van der Waals surface area contributed by atoms with Crippen LogP contribution >= 0.6 is 0 Å². The van der Waals surface area contributed by atoms with E-state index in [0.717, 1.165) is 37.8 Å². The largest absolute Gasteiger partial charge is 0.478 e. The van der Waals surface area contributed by atoms with Crippen LogP contribution in [0.3, 0.4) is 0 Å². The van der Waals surface area contributed by atoms with Crippen LogP contribution in [-0.2, 0) is 14.3 Å². The fraction of sp³-hybridized carbons (Fsp3) is 0.636. The van der Waals surface area contributed by atoms with Crippen molar-refractivity contribution >= 4 is 11.9 Å². The Morgan fingerprint density at radius 1 is 1.20 bits per heavy atom. The van der Waals surface area contributed by atoms with E-state index in [9.17, 15) is 9.59 Å². The zero-order valence-electron chi connectivity index (χ0n) is 8.81. The summed E-state index contributed by atoms with van der Waals surface area (Å²) in [5, 5.41) is 8.31. The highest BCUT2D eigenvalue weighted by Gasteiger charge is 2.20. The summed E-state index contributed by atoms with van der Waals surface area (Å²) in [4.78, 5) is 21.3. The number of carbonyl (C=O) groups excluding carboxylic acids is 1. The molecule has 1 aliphatic carbocycles. The standard InChI is InChI=1S/C11H16O4/c1-8-2-4-9(5-3-8)15-11(14)7-6-10(12)13/h6-9H,2-5H2,1H3,(H,12,13)/b7-6-. The lowest BCUT2D eigenvalue weighted by atomic mass is 9.89. The second-order valence-corrected chi connectivity index (χ2v) is 3.99. The predicted molar refractivity (Wildman–Crippen MR) is 54.3 cm³/mol. The van der Waals surface area contributed by atoms with E-state index in [1.54, 1.807) is 0 Å². The van der Waals surface area contributed by atoms with Crippen molar-refractivity contribution in [2.75, 3.05) is 0 Å². The molecule has 1 aliphatic rings. The SMILES string of the molecule is CC1CCC(OC(=O)/C=C\C(=O)O)CC1. The Bertz CT molecular complexity index is 262. The summed E-state index contributed by atoms with van der Waals surface area (Å²) in [5.41, 5.74) is 0. The number of hydrogen-bond acceptors (Lipinski definition) is 3. The third kappa shape index (κ3) is 4.63. The fourth-order valence-electron chi connectivity index (χ4n) is 1.69. The molecule has 1 saturated carbocycles. The van der Waals surface area contributed by atoms with Crippen LogP contribution in [-0.4, -0.2) is 23.1 Å². The molecule has 0 radical (unpaired) electrons. The number of esters is 1. The van der Waals surface area contributed by atoms with Gasteiger partial charge in [0.2, 0.25) is 0 Å². The lowest BCUT2D eigenvalue weighted by Crippen LogP contribution is -2.22. The quantitative estimate of drug-likeness (QED) is 0.571. The molecule has 84 valence electrons. The Morgan fingerprint density at radius 2 is 1.80 bits per heavy atom. The Hall–Kier alpha value is -1.32. The second-order valence-electron chi connectivity index (χ2n) is 3.99. The molecule has 0 aromatic rings. The van der Waals surface area contributed by atoms with Crippen LogP contribution in [0.2, 0.25) is 0 Å². The summed E-state index contributed by atoms with van der Waals surface area (Å²) in [6.45, 7) is 2.18. The number of ether oxygens (including phenoxy) is 1. The number of carboxylic acid groups (broad SMARTS) is 1. The monoisotopic (exact) mass is 212 g/mol. The van der Waals surface area contributed by atoms with Crippen molar-refractivity contribution in [3.63, 3.8) is 0 Å². The molecule has 0 unspecified atom stereocenters. The van der Waals surface area contributed by atoms with E-state index >= 15 is 0 Å². The third-order valence-electron chi connectivity index (χ3n) is 2.61. The molecule has 15 heavy (non-hydrogen) atoms. The van der Waals surface area contributed by atoms with E-state index in [4.69, 9.17) is 9.84 Å². The van der Waals surface area contributed by atoms with E-state index in [-0.39, 0.29) is 6.10 Å². The summed E-state index contributed by atoms with van der Waals surface area (Å²) < 4.78 is 5.10. The molecule has 0 bridgehead atoms. The normalized spacial score (nSPS) is 26.5. The van der Waals surface area contributed by atoms with Gasteiger partial charge in [0.05, 0.1) is 0 Å². The molecule has 0 aliphatic heterocycles. The maximum Gasteiger partial charge on any atom is 0.331 e. The van der Waals surface area contributed by atoms with Crippen LogP contribution in [0.25, 0.3) is 0 Å². The lowest BCUT2D eigenvalue weighted by Gasteiger charge is -2.25. The molecule has 0 aromatic heterocycles. The first-order valence-electron chi connectivity index (χ1n) is 5.19. The van der Waals surface area contributed by atoms with E-state index < -0.39 is 11.9 Å². The summed E-state index contributed by atoms with van der Waals surface area (Å²) in [6.07, 6.45) is 5.63. The summed E-state index contributed by atoms with van der Waals surface area (Å²) >= 11 is 0. The van der Waals surface area contributed by atoms with Crippen molar-refractivity contribution in [3.05, 3.63) is 12.2 Å². The highest BCUT2D eigenvalue weighted by Crippen LogP contribution is 2.25. The predicted octanol–water partition coefficient (Wildman–Crippen LogP) is 1.75. The average molecular weight is 212 g/mol. The first-order chi connectivity index (χ1) is 7.08. The van der Waals surface area contributed by atoms with E-state index in [1.165, 1.54) is 0 Å². The van der Waals surface area contributed by atoms with Crippen LogP contribution in [0.4, 0.5) is 0 Å². The topological polar surface area (TPSA) is 63.6 Å². The van der Waals surface area contributed by atoms with Gasteiger partial charge in [-0.25, -0.2) is 9.59 Å². The van der Waals surface area contributed by atoms with Gasteiger partial charge >= 0.3 is 11.9 Å². The van der Waals surface area contributed by atoms with Crippen LogP contribution in [0.15, 0.2) is 12.2 Å². The fourth-order valence-corrected chi connectivity index (χ4v) is 1.69. The van der Waals surface area contributed by atoms with Crippen LogP contribution in [0, 0.1) is 5.92 Å². The van der Waals surface area contributed by atoms with Crippen molar-refractivity contribution < 1.29 is 19.4 Å². The number of carboxylic acids is 1. The van der Waals surface area contributed by atoms with Crippen molar-refractivity contribution in [3.8, 4) is 0 Å². The maximum atomic E-state index is 11.1. The van der Waals surface area contributed by atoms with Crippen molar-refractivity contribution in [1.82, 2.24) is 0 Å². The molecular formula is C11H16O4. The number of hydrogen-bond donors (Lipinski definition) is 1. The smallest absolute Gasteiger partial charge is 0.331 e. The first-order valence-corrected chi connectivity index (χ1v) is 5.19. The molecule has 0 aromatic carbocycles. The second kappa shape index (κ2) is 5.53. The van der Waals surface area contributed by atoms with Crippen molar-refractivity contribution in [2.24, 2.45) is 5.92 Å². The van der Waals surface area contributed by atoms with Gasteiger partial charge in [-0.3, -0.25) is 0 Å². The minimum atomic E-state index is -1.13. The van der Waals surface area contributed by atoms with E-state index in [0.29, 0.717) is 5.92 Å². The molecule has 1 fully saturated rings. The lowest BCUT2D eigenvalue weighted by molar-refractivity contribution is -0.145. The molecular weight excluding hydrogens is 196 g/mol. The van der Waals surface area contributed by atoms with E-state index in [2.05, 4.69) is 6.92 Å².